The highest BCUT2D eigenvalue weighted by Gasteiger charge is 2.30. The minimum atomic E-state index is -0.539. The van der Waals surface area contributed by atoms with Crippen molar-refractivity contribution >= 4 is 33.2 Å². The van der Waals surface area contributed by atoms with Crippen LogP contribution in [-0.2, 0) is 4.79 Å². The molecule has 1 fully saturated rings. The van der Waals surface area contributed by atoms with E-state index in [4.69, 9.17) is 5.73 Å². The van der Waals surface area contributed by atoms with Gasteiger partial charge in [0.2, 0.25) is 5.91 Å². The monoisotopic (exact) mass is 309 g/mol. The number of halogens is 1. The Bertz CT molecular complexity index is 517. The number of nitrogens with two attached hydrogens (primary N) is 1. The maximum atomic E-state index is 11.6. The number of benzene rings is 1. The van der Waals surface area contributed by atoms with Crippen molar-refractivity contribution in [3.63, 3.8) is 0 Å². The van der Waals surface area contributed by atoms with Gasteiger partial charge in [-0.25, -0.2) is 0 Å². The Balaban J connectivity index is 1.98. The van der Waals surface area contributed by atoms with E-state index in [-0.39, 0.29) is 5.91 Å². The summed E-state index contributed by atoms with van der Waals surface area (Å²) in [5.74, 6) is 0.603. The zero-order valence-electron chi connectivity index (χ0n) is 10.2. The van der Waals surface area contributed by atoms with Gasteiger partial charge in [0.05, 0.1) is 5.69 Å². The van der Waals surface area contributed by atoms with E-state index in [1.54, 1.807) is 0 Å². The molecular weight excluding hydrogens is 294 g/mol. The van der Waals surface area contributed by atoms with Crippen LogP contribution in [0.3, 0.4) is 0 Å². The molecule has 0 bridgehead atoms. The quantitative estimate of drug-likeness (QED) is 0.836. The number of nitrogens with zero attached hydrogens (tertiary/aromatic N) is 1. The van der Waals surface area contributed by atoms with Crippen LogP contribution < -0.4 is 16.0 Å². The highest BCUT2D eigenvalue weighted by atomic mass is 79.9. The van der Waals surface area contributed by atoms with Gasteiger partial charge < -0.3 is 16.0 Å². The third-order valence-electron chi connectivity index (χ3n) is 3.76. The first-order valence-electron chi connectivity index (χ1n) is 6.21. The Labute approximate surface area is 115 Å². The van der Waals surface area contributed by atoms with Crippen molar-refractivity contribution in [2.45, 2.75) is 19.4 Å². The Kier molecular flexibility index (Phi) is 2.83. The standard InChI is InChI=1S/C13H16BrN3O/c1-7-2-3-17(6-7)11-5-10-8(4-9(11)14)12(15)13(18)16-10/h4-5,7,12H,2-3,6,15H2,1H3,(H,16,18). The van der Waals surface area contributed by atoms with E-state index >= 15 is 0 Å². The maximum Gasteiger partial charge on any atom is 0.245 e. The topological polar surface area (TPSA) is 58.4 Å². The van der Waals surface area contributed by atoms with Crippen LogP contribution in [0.25, 0.3) is 0 Å². The number of carbonyl (C=O) groups is 1. The van der Waals surface area contributed by atoms with Gasteiger partial charge in [0.25, 0.3) is 0 Å². The number of nitrogens with one attached hydrogen (secondary N) is 1. The number of fused-ring (bicyclic) bond motifs is 1. The average Bonchev–Trinajstić information content (AvgIpc) is 2.86. The van der Waals surface area contributed by atoms with Gasteiger partial charge in [-0.1, -0.05) is 6.92 Å². The van der Waals surface area contributed by atoms with Gasteiger partial charge in [0.1, 0.15) is 6.04 Å². The van der Waals surface area contributed by atoms with Crippen LogP contribution in [0.2, 0.25) is 0 Å². The minimum absolute atomic E-state index is 0.121. The second-order valence-corrected chi connectivity index (χ2v) is 6.05. The van der Waals surface area contributed by atoms with E-state index in [0.717, 1.165) is 40.4 Å². The van der Waals surface area contributed by atoms with E-state index in [1.165, 1.54) is 6.42 Å². The van der Waals surface area contributed by atoms with E-state index in [0.29, 0.717) is 0 Å². The van der Waals surface area contributed by atoms with Crippen LogP contribution in [0.4, 0.5) is 11.4 Å². The van der Waals surface area contributed by atoms with Crippen molar-refractivity contribution in [1.82, 2.24) is 0 Å². The Morgan fingerprint density at radius 3 is 2.94 bits per heavy atom. The Morgan fingerprint density at radius 1 is 1.50 bits per heavy atom. The molecule has 1 aromatic rings. The molecule has 1 aromatic carbocycles. The number of rotatable bonds is 1. The molecule has 0 aliphatic carbocycles. The van der Waals surface area contributed by atoms with Crippen LogP contribution in [0.15, 0.2) is 16.6 Å². The summed E-state index contributed by atoms with van der Waals surface area (Å²) in [5, 5.41) is 2.84. The lowest BCUT2D eigenvalue weighted by molar-refractivity contribution is -0.116. The zero-order valence-corrected chi connectivity index (χ0v) is 11.8. The lowest BCUT2D eigenvalue weighted by Crippen LogP contribution is -2.19. The summed E-state index contributed by atoms with van der Waals surface area (Å²) in [7, 11) is 0. The number of anilines is 2. The summed E-state index contributed by atoms with van der Waals surface area (Å²) < 4.78 is 1.02. The molecule has 0 saturated carbocycles. The molecule has 2 aliphatic heterocycles. The van der Waals surface area contributed by atoms with Crippen LogP contribution in [-0.4, -0.2) is 19.0 Å². The second-order valence-electron chi connectivity index (χ2n) is 5.20. The molecule has 1 saturated heterocycles. The number of hydrogen-bond acceptors (Lipinski definition) is 3. The first kappa shape index (κ1) is 12.0. The van der Waals surface area contributed by atoms with Crippen LogP contribution in [0, 0.1) is 5.92 Å². The fourth-order valence-corrected chi connectivity index (χ4v) is 3.30. The first-order valence-corrected chi connectivity index (χ1v) is 7.00. The van der Waals surface area contributed by atoms with Gasteiger partial charge in [-0.05, 0) is 40.4 Å². The summed E-state index contributed by atoms with van der Waals surface area (Å²) >= 11 is 3.59. The number of hydrogen-bond donors (Lipinski definition) is 2. The van der Waals surface area contributed by atoms with Gasteiger partial charge in [0.15, 0.2) is 0 Å². The molecule has 2 unspecified atom stereocenters. The highest BCUT2D eigenvalue weighted by molar-refractivity contribution is 9.10. The number of carbonyl (C=O) groups excluding carboxylic acids is 1. The van der Waals surface area contributed by atoms with Crippen molar-refractivity contribution in [2.24, 2.45) is 11.7 Å². The van der Waals surface area contributed by atoms with Crippen LogP contribution >= 0.6 is 15.9 Å². The Morgan fingerprint density at radius 2 is 2.28 bits per heavy atom. The van der Waals surface area contributed by atoms with Crippen molar-refractivity contribution < 1.29 is 4.79 Å². The van der Waals surface area contributed by atoms with Crippen molar-refractivity contribution in [1.29, 1.82) is 0 Å². The fourth-order valence-electron chi connectivity index (χ4n) is 2.69. The SMILES string of the molecule is CC1CCN(c2cc3c(cc2Br)C(N)C(=O)N3)C1. The van der Waals surface area contributed by atoms with Gasteiger partial charge in [-0.15, -0.1) is 0 Å². The maximum absolute atomic E-state index is 11.6. The van der Waals surface area contributed by atoms with Gasteiger partial charge >= 0.3 is 0 Å². The predicted octanol–water partition coefficient (Wildman–Crippen LogP) is 2.25. The molecule has 0 aromatic heterocycles. The van der Waals surface area contributed by atoms with Crippen LogP contribution in [0.5, 0.6) is 0 Å². The molecule has 2 atom stereocenters. The van der Waals surface area contributed by atoms with E-state index < -0.39 is 6.04 Å². The molecule has 4 nitrogen and oxygen atoms in total. The number of amides is 1. The molecule has 1 amide bonds. The highest BCUT2D eigenvalue weighted by Crippen LogP contribution is 2.39. The second kappa shape index (κ2) is 4.24. The lowest BCUT2D eigenvalue weighted by Gasteiger charge is -2.21. The Hall–Kier alpha value is -1.07. The van der Waals surface area contributed by atoms with E-state index in [9.17, 15) is 4.79 Å². The largest absolute Gasteiger partial charge is 0.370 e. The molecule has 0 radical (unpaired) electrons. The third-order valence-corrected chi connectivity index (χ3v) is 4.39. The predicted molar refractivity (Wildman–Crippen MR) is 75.7 cm³/mol. The van der Waals surface area contributed by atoms with E-state index in [1.807, 2.05) is 12.1 Å². The first-order chi connectivity index (χ1) is 8.56. The lowest BCUT2D eigenvalue weighted by atomic mass is 10.1. The zero-order chi connectivity index (χ0) is 12.9. The molecule has 3 N–H and O–H groups in total. The van der Waals surface area contributed by atoms with Crippen molar-refractivity contribution in [3.05, 3.63) is 22.2 Å². The molecule has 96 valence electrons. The summed E-state index contributed by atoms with van der Waals surface area (Å²) in [5.41, 5.74) is 8.71. The molecular formula is C13H16BrN3O. The van der Waals surface area contributed by atoms with Crippen LogP contribution in [0.1, 0.15) is 24.9 Å². The average molecular weight is 310 g/mol. The summed E-state index contributed by atoms with van der Waals surface area (Å²) in [6.07, 6.45) is 1.22. The molecule has 2 aliphatic rings. The molecule has 0 spiro atoms. The van der Waals surface area contributed by atoms with Gasteiger partial charge in [-0.3, -0.25) is 4.79 Å². The molecule has 5 heteroatoms. The normalized spacial score (nSPS) is 26.4. The van der Waals surface area contributed by atoms with Crippen molar-refractivity contribution in [2.75, 3.05) is 23.3 Å². The van der Waals surface area contributed by atoms with Gasteiger partial charge in [0, 0.05) is 28.8 Å². The molecule has 2 heterocycles. The van der Waals surface area contributed by atoms with E-state index in [2.05, 4.69) is 33.1 Å². The summed E-state index contributed by atoms with van der Waals surface area (Å²) in [6, 6.07) is 3.46. The summed E-state index contributed by atoms with van der Waals surface area (Å²) in [6.45, 7) is 4.40. The third kappa shape index (κ3) is 1.82. The fraction of sp³-hybridized carbons (Fsp3) is 0.462. The molecule has 18 heavy (non-hydrogen) atoms. The summed E-state index contributed by atoms with van der Waals surface area (Å²) in [4.78, 5) is 13.9. The van der Waals surface area contributed by atoms with Crippen molar-refractivity contribution in [3.8, 4) is 0 Å². The smallest absolute Gasteiger partial charge is 0.245 e. The van der Waals surface area contributed by atoms with Gasteiger partial charge in [-0.2, -0.15) is 0 Å². The minimum Gasteiger partial charge on any atom is -0.370 e. The molecule has 3 rings (SSSR count).